The number of hydrogen-bond acceptors (Lipinski definition) is 4. The molecule has 0 bridgehead atoms. The van der Waals surface area contributed by atoms with Gasteiger partial charge in [0, 0.05) is 23.1 Å². The molecular formula is C23H28Cl2FN3O4S. The molecule has 0 heterocycles. The van der Waals surface area contributed by atoms with Gasteiger partial charge in [0.25, 0.3) is 0 Å². The summed E-state index contributed by atoms with van der Waals surface area (Å²) in [7, 11) is -4.02. The molecule has 34 heavy (non-hydrogen) atoms. The van der Waals surface area contributed by atoms with Crippen LogP contribution in [-0.2, 0) is 26.2 Å². The Morgan fingerprint density at radius 1 is 1.09 bits per heavy atom. The van der Waals surface area contributed by atoms with Crippen molar-refractivity contribution in [1.82, 2.24) is 10.2 Å². The minimum Gasteiger partial charge on any atom is -0.354 e. The molecule has 7 nitrogen and oxygen atoms in total. The SMILES string of the molecule is CC(C)CNC(=O)[C@H](C)N(Cc1ccc(Cl)cc1Cl)C(=O)CN(c1ccccc1F)S(C)(=O)=O. The van der Waals surface area contributed by atoms with Crippen molar-refractivity contribution in [2.45, 2.75) is 33.4 Å². The lowest BCUT2D eigenvalue weighted by Crippen LogP contribution is -2.51. The van der Waals surface area contributed by atoms with E-state index < -0.39 is 40.2 Å². The lowest BCUT2D eigenvalue weighted by molar-refractivity contribution is -0.139. The van der Waals surface area contributed by atoms with Gasteiger partial charge in [0.1, 0.15) is 18.4 Å². The number of nitrogens with zero attached hydrogens (tertiary/aromatic N) is 2. The van der Waals surface area contributed by atoms with E-state index in [0.717, 1.165) is 12.3 Å². The second kappa shape index (κ2) is 11.9. The van der Waals surface area contributed by atoms with Gasteiger partial charge in [-0.25, -0.2) is 12.8 Å². The van der Waals surface area contributed by atoms with Gasteiger partial charge in [-0.2, -0.15) is 0 Å². The van der Waals surface area contributed by atoms with E-state index in [2.05, 4.69) is 5.32 Å². The van der Waals surface area contributed by atoms with Crippen molar-refractivity contribution in [3.63, 3.8) is 0 Å². The summed E-state index contributed by atoms with van der Waals surface area (Å²) in [6.45, 7) is 5.01. The molecule has 186 valence electrons. The maximum Gasteiger partial charge on any atom is 0.244 e. The van der Waals surface area contributed by atoms with Crippen LogP contribution in [-0.4, -0.2) is 50.5 Å². The lowest BCUT2D eigenvalue weighted by Gasteiger charge is -2.32. The van der Waals surface area contributed by atoms with Crippen LogP contribution in [0.5, 0.6) is 0 Å². The van der Waals surface area contributed by atoms with Gasteiger partial charge in [-0.1, -0.05) is 55.2 Å². The van der Waals surface area contributed by atoms with E-state index in [-0.39, 0.29) is 23.2 Å². The second-order valence-electron chi connectivity index (χ2n) is 8.29. The molecule has 0 spiro atoms. The molecule has 2 aromatic carbocycles. The number of hydrogen-bond donors (Lipinski definition) is 1. The highest BCUT2D eigenvalue weighted by atomic mass is 35.5. The van der Waals surface area contributed by atoms with Crippen LogP contribution in [0.3, 0.4) is 0 Å². The number of carbonyl (C=O) groups excluding carboxylic acids is 2. The van der Waals surface area contributed by atoms with E-state index in [1.54, 1.807) is 12.1 Å². The molecule has 0 radical (unpaired) electrons. The van der Waals surface area contributed by atoms with Crippen LogP contribution < -0.4 is 9.62 Å². The van der Waals surface area contributed by atoms with Crippen molar-refractivity contribution in [3.8, 4) is 0 Å². The largest absolute Gasteiger partial charge is 0.354 e. The zero-order chi connectivity index (χ0) is 25.6. The van der Waals surface area contributed by atoms with E-state index in [0.29, 0.717) is 21.4 Å². The first-order valence-electron chi connectivity index (χ1n) is 10.5. The third-order valence-corrected chi connectivity index (χ3v) is 6.72. The van der Waals surface area contributed by atoms with Gasteiger partial charge in [-0.15, -0.1) is 0 Å². The zero-order valence-electron chi connectivity index (χ0n) is 19.4. The van der Waals surface area contributed by atoms with Crippen molar-refractivity contribution in [2.75, 3.05) is 23.7 Å². The minimum absolute atomic E-state index is 0.0834. The first-order valence-corrected chi connectivity index (χ1v) is 13.1. The van der Waals surface area contributed by atoms with Crippen LogP contribution >= 0.6 is 23.2 Å². The normalized spacial score (nSPS) is 12.4. The Labute approximate surface area is 209 Å². The highest BCUT2D eigenvalue weighted by molar-refractivity contribution is 7.92. The topological polar surface area (TPSA) is 86.8 Å². The van der Waals surface area contributed by atoms with Crippen LogP contribution in [0, 0.1) is 11.7 Å². The molecule has 2 aromatic rings. The summed E-state index contributed by atoms with van der Waals surface area (Å²) < 4.78 is 40.0. The molecule has 0 saturated heterocycles. The van der Waals surface area contributed by atoms with Gasteiger partial charge in [-0.05, 0) is 42.7 Å². The van der Waals surface area contributed by atoms with Crippen LogP contribution in [0.2, 0.25) is 10.0 Å². The number of benzene rings is 2. The fourth-order valence-electron chi connectivity index (χ4n) is 3.12. The smallest absolute Gasteiger partial charge is 0.244 e. The molecule has 2 rings (SSSR count). The molecule has 0 aromatic heterocycles. The summed E-state index contributed by atoms with van der Waals surface area (Å²) in [5, 5.41) is 3.46. The van der Waals surface area contributed by atoms with Gasteiger partial charge < -0.3 is 10.2 Å². The number of carbonyl (C=O) groups is 2. The van der Waals surface area contributed by atoms with Crippen molar-refractivity contribution in [3.05, 3.63) is 63.9 Å². The average Bonchev–Trinajstić information content (AvgIpc) is 2.74. The Bertz CT molecular complexity index is 1140. The van der Waals surface area contributed by atoms with Gasteiger partial charge in [-0.3, -0.25) is 13.9 Å². The molecule has 1 atom stereocenters. The third kappa shape index (κ3) is 7.58. The van der Waals surface area contributed by atoms with Crippen molar-refractivity contribution in [1.29, 1.82) is 0 Å². The molecule has 0 saturated carbocycles. The Morgan fingerprint density at radius 3 is 2.29 bits per heavy atom. The van der Waals surface area contributed by atoms with Gasteiger partial charge in [0.2, 0.25) is 21.8 Å². The quantitative estimate of drug-likeness (QED) is 0.500. The Kier molecular flexibility index (Phi) is 9.73. The first-order chi connectivity index (χ1) is 15.8. The summed E-state index contributed by atoms with van der Waals surface area (Å²) in [4.78, 5) is 27.4. The van der Waals surface area contributed by atoms with Crippen LogP contribution in [0.1, 0.15) is 26.3 Å². The Balaban J connectivity index is 2.41. The molecule has 0 aliphatic carbocycles. The molecular weight excluding hydrogens is 504 g/mol. The van der Waals surface area contributed by atoms with Crippen molar-refractivity contribution < 1.29 is 22.4 Å². The highest BCUT2D eigenvalue weighted by Gasteiger charge is 2.31. The van der Waals surface area contributed by atoms with Gasteiger partial charge in [0.15, 0.2) is 0 Å². The summed E-state index contributed by atoms with van der Waals surface area (Å²) in [5.41, 5.74) is 0.250. The molecule has 1 N–H and O–H groups in total. The molecule has 0 aliphatic heterocycles. The molecule has 0 fully saturated rings. The number of para-hydroxylation sites is 1. The van der Waals surface area contributed by atoms with Gasteiger partial charge in [0.05, 0.1) is 11.9 Å². The molecule has 0 aliphatic rings. The molecule has 0 unspecified atom stereocenters. The third-order valence-electron chi connectivity index (χ3n) is 5.01. The lowest BCUT2D eigenvalue weighted by atomic mass is 10.1. The number of rotatable bonds is 10. The van der Waals surface area contributed by atoms with Crippen molar-refractivity contribution in [2.24, 2.45) is 5.92 Å². The fraction of sp³-hybridized carbons (Fsp3) is 0.391. The monoisotopic (exact) mass is 531 g/mol. The maximum absolute atomic E-state index is 14.4. The highest BCUT2D eigenvalue weighted by Crippen LogP contribution is 2.25. The summed E-state index contributed by atoms with van der Waals surface area (Å²) >= 11 is 12.2. The Morgan fingerprint density at radius 2 is 1.74 bits per heavy atom. The van der Waals surface area contributed by atoms with Crippen LogP contribution in [0.4, 0.5) is 10.1 Å². The van der Waals surface area contributed by atoms with E-state index >= 15 is 0 Å². The standard InChI is InChI=1S/C23H28Cl2FN3O4S/c1-15(2)12-27-23(31)16(3)28(13-17-9-10-18(24)11-19(17)25)22(30)14-29(34(4,32)33)21-8-6-5-7-20(21)26/h5-11,15-16H,12-14H2,1-4H3,(H,27,31)/t16-/m0/s1. The average molecular weight is 532 g/mol. The maximum atomic E-state index is 14.4. The predicted molar refractivity (Wildman–Crippen MR) is 133 cm³/mol. The zero-order valence-corrected chi connectivity index (χ0v) is 21.7. The van der Waals surface area contributed by atoms with E-state index in [4.69, 9.17) is 23.2 Å². The van der Waals surface area contributed by atoms with E-state index in [9.17, 15) is 22.4 Å². The second-order valence-corrected chi connectivity index (χ2v) is 11.0. The number of nitrogens with one attached hydrogen (secondary N) is 1. The summed E-state index contributed by atoms with van der Waals surface area (Å²) in [6, 6.07) is 9.01. The van der Waals surface area contributed by atoms with Crippen LogP contribution in [0.25, 0.3) is 0 Å². The molecule has 11 heteroatoms. The molecule has 2 amide bonds. The first kappa shape index (κ1) is 27.9. The summed E-state index contributed by atoms with van der Waals surface area (Å²) in [6.07, 6.45) is 0.881. The number of halogens is 3. The van der Waals surface area contributed by atoms with Gasteiger partial charge >= 0.3 is 0 Å². The fourth-order valence-corrected chi connectivity index (χ4v) is 4.44. The number of sulfonamides is 1. The van der Waals surface area contributed by atoms with Crippen molar-refractivity contribution >= 4 is 50.7 Å². The van der Waals surface area contributed by atoms with Crippen LogP contribution in [0.15, 0.2) is 42.5 Å². The number of amides is 2. The Hall–Kier alpha value is -2.36. The van der Waals surface area contributed by atoms with E-state index in [1.165, 1.54) is 36.1 Å². The summed E-state index contributed by atoms with van der Waals surface area (Å²) in [5.74, 6) is -1.72. The minimum atomic E-state index is -4.02. The predicted octanol–water partition coefficient (Wildman–Crippen LogP) is 4.09. The number of anilines is 1. The van der Waals surface area contributed by atoms with E-state index in [1.807, 2.05) is 13.8 Å².